The van der Waals surface area contributed by atoms with Gasteiger partial charge in [0.1, 0.15) is 18.5 Å². The van der Waals surface area contributed by atoms with Gasteiger partial charge in [0.2, 0.25) is 6.23 Å². The van der Waals surface area contributed by atoms with E-state index in [4.69, 9.17) is 20.0 Å². The molecule has 1 heterocycles. The van der Waals surface area contributed by atoms with Gasteiger partial charge in [-0.1, -0.05) is 6.07 Å². The van der Waals surface area contributed by atoms with Gasteiger partial charge < -0.3 is 14.4 Å². The average Bonchev–Trinajstić information content (AvgIpc) is 3.16. The first-order chi connectivity index (χ1) is 14.5. The predicted molar refractivity (Wildman–Crippen MR) is 94.9 cm³/mol. The molecule has 3 rings (SSSR count). The monoisotopic (exact) mass is 441 g/mol. The summed E-state index contributed by atoms with van der Waals surface area (Å²) < 4.78 is 90.5. The molecule has 5 nitrogen and oxygen atoms in total. The Bertz CT molecular complexity index is 1040. The van der Waals surface area contributed by atoms with Gasteiger partial charge in [-0.3, -0.25) is 0 Å². The molecule has 0 aromatic heterocycles. The molecule has 1 aliphatic rings. The standard InChI is InChI=1S/C20H13F6N3O2/c21-19(22,23)17-7-14(5-4-13(17)9-28)29-10-16(31-18(29)20(24,25)26)11-30-15-3-1-2-12(6-15)8-27/h1-7,16,18H,10-11H2. The van der Waals surface area contributed by atoms with Gasteiger partial charge in [0, 0.05) is 5.69 Å². The number of hydrogen-bond donors (Lipinski definition) is 0. The molecule has 0 spiro atoms. The molecule has 1 aliphatic heterocycles. The summed E-state index contributed by atoms with van der Waals surface area (Å²) in [5, 5.41) is 17.8. The van der Waals surface area contributed by atoms with E-state index >= 15 is 0 Å². The molecule has 2 atom stereocenters. The van der Waals surface area contributed by atoms with Crippen LogP contribution in [-0.4, -0.2) is 31.7 Å². The molecular formula is C20H13F6N3O2. The minimum atomic E-state index is -4.91. The van der Waals surface area contributed by atoms with E-state index in [1.54, 1.807) is 0 Å². The van der Waals surface area contributed by atoms with Crippen LogP contribution < -0.4 is 9.64 Å². The van der Waals surface area contributed by atoms with Gasteiger partial charge in [0.25, 0.3) is 0 Å². The van der Waals surface area contributed by atoms with Gasteiger partial charge >= 0.3 is 12.4 Å². The second kappa shape index (κ2) is 8.36. The third kappa shape index (κ3) is 5.01. The zero-order chi connectivity index (χ0) is 22.8. The molecule has 2 aromatic rings. The Kier molecular flexibility index (Phi) is 6.00. The lowest BCUT2D eigenvalue weighted by atomic mass is 10.1. The number of hydrogen-bond acceptors (Lipinski definition) is 5. The minimum Gasteiger partial charge on any atom is -0.491 e. The van der Waals surface area contributed by atoms with Crippen LogP contribution in [0.15, 0.2) is 42.5 Å². The van der Waals surface area contributed by atoms with Crippen molar-refractivity contribution in [1.82, 2.24) is 0 Å². The van der Waals surface area contributed by atoms with Crippen molar-refractivity contribution in [2.75, 3.05) is 18.1 Å². The average molecular weight is 441 g/mol. The fourth-order valence-electron chi connectivity index (χ4n) is 3.09. The Balaban J connectivity index is 1.84. The van der Waals surface area contributed by atoms with Crippen LogP contribution in [0, 0.1) is 22.7 Å². The zero-order valence-electron chi connectivity index (χ0n) is 15.5. The number of halogens is 6. The summed E-state index contributed by atoms with van der Waals surface area (Å²) in [6, 6.07) is 11.6. The minimum absolute atomic E-state index is 0.238. The van der Waals surface area contributed by atoms with Crippen molar-refractivity contribution in [3.63, 3.8) is 0 Å². The molecule has 0 N–H and O–H groups in total. The molecule has 1 fully saturated rings. The third-order valence-corrected chi connectivity index (χ3v) is 4.44. The Morgan fingerprint density at radius 2 is 1.77 bits per heavy atom. The van der Waals surface area contributed by atoms with Gasteiger partial charge in [-0.15, -0.1) is 0 Å². The topological polar surface area (TPSA) is 69.3 Å². The normalized spacial score (nSPS) is 19.0. The first kappa shape index (κ1) is 22.2. The molecule has 0 saturated carbocycles. The lowest BCUT2D eigenvalue weighted by Gasteiger charge is -2.27. The highest BCUT2D eigenvalue weighted by Gasteiger charge is 2.51. The summed E-state index contributed by atoms with van der Waals surface area (Å²) in [5.74, 6) is 0.238. The van der Waals surface area contributed by atoms with Gasteiger partial charge in [0.05, 0.1) is 35.4 Å². The number of nitrogens with zero attached hydrogens (tertiary/aromatic N) is 3. The lowest BCUT2D eigenvalue weighted by Crippen LogP contribution is -2.42. The van der Waals surface area contributed by atoms with Crippen LogP contribution in [0.3, 0.4) is 0 Å². The first-order valence-electron chi connectivity index (χ1n) is 8.76. The molecule has 11 heteroatoms. The summed E-state index contributed by atoms with van der Waals surface area (Å²) in [4.78, 5) is 0.649. The van der Waals surface area contributed by atoms with Crippen molar-refractivity contribution < 1.29 is 35.8 Å². The number of nitriles is 2. The van der Waals surface area contributed by atoms with Crippen molar-refractivity contribution in [3.8, 4) is 17.9 Å². The highest BCUT2D eigenvalue weighted by atomic mass is 19.4. The maximum absolute atomic E-state index is 13.5. The molecule has 162 valence electrons. The Hall–Kier alpha value is -3.44. The maximum atomic E-state index is 13.5. The SMILES string of the molecule is N#Cc1cccc(OCC2CN(c3ccc(C#N)c(C(F)(F)F)c3)C(C(F)(F)F)O2)c1. The highest BCUT2D eigenvalue weighted by Crippen LogP contribution is 2.39. The van der Waals surface area contributed by atoms with Crippen LogP contribution in [0.4, 0.5) is 32.0 Å². The van der Waals surface area contributed by atoms with Crippen LogP contribution in [-0.2, 0) is 10.9 Å². The Labute approximate surface area is 172 Å². The molecular weight excluding hydrogens is 428 g/mol. The van der Waals surface area contributed by atoms with Crippen molar-refractivity contribution >= 4 is 5.69 Å². The van der Waals surface area contributed by atoms with E-state index in [9.17, 15) is 26.3 Å². The van der Waals surface area contributed by atoms with Gasteiger partial charge in [-0.05, 0) is 36.4 Å². The summed E-state index contributed by atoms with van der Waals surface area (Å²) in [6.07, 6.45) is -13.4. The first-order valence-corrected chi connectivity index (χ1v) is 8.76. The van der Waals surface area contributed by atoms with Crippen LogP contribution >= 0.6 is 0 Å². The summed E-state index contributed by atoms with van der Waals surface area (Å²) in [5.41, 5.74) is -2.13. The van der Waals surface area contributed by atoms with E-state index < -0.39 is 42.4 Å². The van der Waals surface area contributed by atoms with Gasteiger partial charge in [0.15, 0.2) is 0 Å². The quantitative estimate of drug-likeness (QED) is 0.648. The fraction of sp³-hybridized carbons (Fsp3) is 0.300. The molecule has 2 aromatic carbocycles. The van der Waals surface area contributed by atoms with Crippen molar-refractivity contribution in [1.29, 1.82) is 10.5 Å². The predicted octanol–water partition coefficient (Wildman–Crippen LogP) is 4.62. The van der Waals surface area contributed by atoms with Crippen LogP contribution in [0.5, 0.6) is 5.75 Å². The van der Waals surface area contributed by atoms with E-state index in [1.807, 2.05) is 6.07 Å². The van der Waals surface area contributed by atoms with Crippen LogP contribution in [0.1, 0.15) is 16.7 Å². The van der Waals surface area contributed by atoms with E-state index in [2.05, 4.69) is 0 Å². The van der Waals surface area contributed by atoms with Crippen LogP contribution in [0.25, 0.3) is 0 Å². The van der Waals surface area contributed by atoms with E-state index in [0.717, 1.165) is 12.1 Å². The smallest absolute Gasteiger partial charge is 0.433 e. The maximum Gasteiger partial charge on any atom is 0.433 e. The highest BCUT2D eigenvalue weighted by molar-refractivity contribution is 5.56. The van der Waals surface area contributed by atoms with Crippen molar-refractivity contribution in [2.24, 2.45) is 0 Å². The van der Waals surface area contributed by atoms with E-state index in [-0.39, 0.29) is 23.6 Å². The second-order valence-corrected chi connectivity index (χ2v) is 6.59. The molecule has 0 bridgehead atoms. The third-order valence-electron chi connectivity index (χ3n) is 4.44. The zero-order valence-corrected chi connectivity index (χ0v) is 15.5. The Morgan fingerprint density at radius 3 is 2.39 bits per heavy atom. The molecule has 0 amide bonds. The summed E-state index contributed by atoms with van der Waals surface area (Å²) in [7, 11) is 0. The molecule has 0 aliphatic carbocycles. The molecule has 1 saturated heterocycles. The summed E-state index contributed by atoms with van der Waals surface area (Å²) >= 11 is 0. The second-order valence-electron chi connectivity index (χ2n) is 6.59. The number of rotatable bonds is 4. The van der Waals surface area contributed by atoms with E-state index in [0.29, 0.717) is 11.0 Å². The number of ether oxygens (including phenoxy) is 2. The molecule has 31 heavy (non-hydrogen) atoms. The van der Waals surface area contributed by atoms with Crippen LogP contribution in [0.2, 0.25) is 0 Å². The van der Waals surface area contributed by atoms with Crippen molar-refractivity contribution in [3.05, 3.63) is 59.2 Å². The summed E-state index contributed by atoms with van der Waals surface area (Å²) in [6.45, 7) is -0.717. The molecule has 2 unspecified atom stereocenters. The fourth-order valence-corrected chi connectivity index (χ4v) is 3.09. The lowest BCUT2D eigenvalue weighted by molar-refractivity contribution is -0.215. The van der Waals surface area contributed by atoms with Crippen molar-refractivity contribution in [2.45, 2.75) is 24.7 Å². The largest absolute Gasteiger partial charge is 0.491 e. The molecule has 0 radical (unpaired) electrons. The number of benzene rings is 2. The van der Waals surface area contributed by atoms with E-state index in [1.165, 1.54) is 30.3 Å². The van der Waals surface area contributed by atoms with Gasteiger partial charge in [-0.2, -0.15) is 36.9 Å². The number of anilines is 1. The van der Waals surface area contributed by atoms with Gasteiger partial charge in [-0.25, -0.2) is 0 Å². The Morgan fingerprint density at radius 1 is 1.03 bits per heavy atom. The number of alkyl halides is 6.